The van der Waals surface area contributed by atoms with Crippen LogP contribution in [-0.4, -0.2) is 21.9 Å². The van der Waals surface area contributed by atoms with Crippen molar-refractivity contribution in [2.45, 2.75) is 19.5 Å². The van der Waals surface area contributed by atoms with Crippen molar-refractivity contribution in [2.24, 2.45) is 0 Å². The average molecular weight is 281 g/mol. The highest BCUT2D eigenvalue weighted by Crippen LogP contribution is 2.32. The minimum absolute atomic E-state index is 0.0836. The third kappa shape index (κ3) is 2.18. The molecule has 3 rings (SSSR count). The number of hydrogen-bond acceptors (Lipinski definition) is 2. The van der Waals surface area contributed by atoms with Gasteiger partial charge in [0.05, 0.1) is 17.2 Å². The lowest BCUT2D eigenvalue weighted by atomic mass is 10.0. The summed E-state index contributed by atoms with van der Waals surface area (Å²) < 4.78 is 0. The van der Waals surface area contributed by atoms with E-state index in [1.807, 2.05) is 43.3 Å². The van der Waals surface area contributed by atoms with Crippen LogP contribution in [0.25, 0.3) is 0 Å². The zero-order valence-electron chi connectivity index (χ0n) is 11.6. The molecule has 1 N–H and O–H groups in total. The van der Waals surface area contributed by atoms with Crippen LogP contribution in [0.15, 0.2) is 48.5 Å². The van der Waals surface area contributed by atoms with Gasteiger partial charge in [-0.25, -0.2) is 4.79 Å². The Balaban J connectivity index is 1.98. The summed E-state index contributed by atoms with van der Waals surface area (Å²) in [6.45, 7) is 2.41. The van der Waals surface area contributed by atoms with Gasteiger partial charge in [-0.2, -0.15) is 0 Å². The summed E-state index contributed by atoms with van der Waals surface area (Å²) in [5.74, 6) is -1.27. The molecule has 0 aromatic heterocycles. The van der Waals surface area contributed by atoms with E-state index in [-0.39, 0.29) is 17.5 Å². The first kappa shape index (κ1) is 13.4. The van der Waals surface area contributed by atoms with Gasteiger partial charge in [0, 0.05) is 6.54 Å². The molecule has 21 heavy (non-hydrogen) atoms. The Bertz CT molecular complexity index is 709. The first-order chi connectivity index (χ1) is 10.1. The van der Waals surface area contributed by atoms with E-state index in [2.05, 4.69) is 0 Å². The van der Waals surface area contributed by atoms with E-state index in [0.717, 1.165) is 11.1 Å². The summed E-state index contributed by atoms with van der Waals surface area (Å²) in [5, 5.41) is 9.24. The normalized spacial score (nSPS) is 14.9. The quantitative estimate of drug-likeness (QED) is 0.940. The molecule has 106 valence electrons. The predicted molar refractivity (Wildman–Crippen MR) is 78.1 cm³/mol. The Labute approximate surface area is 122 Å². The summed E-state index contributed by atoms with van der Waals surface area (Å²) in [7, 11) is 0. The van der Waals surface area contributed by atoms with Crippen LogP contribution in [0.2, 0.25) is 0 Å². The van der Waals surface area contributed by atoms with Gasteiger partial charge in [0.15, 0.2) is 0 Å². The number of carbonyl (C=O) groups is 2. The molecule has 1 atom stereocenters. The van der Waals surface area contributed by atoms with E-state index < -0.39 is 5.97 Å². The number of carboxylic acid groups (broad SMARTS) is 1. The zero-order chi connectivity index (χ0) is 15.0. The van der Waals surface area contributed by atoms with Crippen molar-refractivity contribution >= 4 is 11.9 Å². The van der Waals surface area contributed by atoms with Crippen LogP contribution in [0.1, 0.15) is 44.8 Å². The lowest BCUT2D eigenvalue weighted by Crippen LogP contribution is -2.27. The molecule has 1 heterocycles. The van der Waals surface area contributed by atoms with E-state index >= 15 is 0 Å². The molecule has 4 nitrogen and oxygen atoms in total. The largest absolute Gasteiger partial charge is 0.478 e. The topological polar surface area (TPSA) is 57.6 Å². The van der Waals surface area contributed by atoms with E-state index in [4.69, 9.17) is 0 Å². The highest BCUT2D eigenvalue weighted by Gasteiger charge is 2.34. The lowest BCUT2D eigenvalue weighted by Gasteiger charge is -2.24. The highest BCUT2D eigenvalue weighted by atomic mass is 16.4. The fourth-order valence-electron chi connectivity index (χ4n) is 2.79. The second-order valence-electron chi connectivity index (χ2n) is 5.16. The maximum atomic E-state index is 12.6. The number of benzene rings is 2. The standard InChI is InChI=1S/C17H15NO3/c1-11(12-6-3-2-4-7-12)18-10-13-8-5-9-14(17(20)21)15(13)16(18)19/h2-9,11H,10H2,1H3,(H,20,21). The zero-order valence-corrected chi connectivity index (χ0v) is 11.6. The molecule has 1 unspecified atom stereocenters. The van der Waals surface area contributed by atoms with E-state index in [1.54, 1.807) is 11.0 Å². The van der Waals surface area contributed by atoms with Crippen LogP contribution in [0, 0.1) is 0 Å². The van der Waals surface area contributed by atoms with Crippen molar-refractivity contribution in [3.05, 3.63) is 70.8 Å². The third-order valence-electron chi connectivity index (χ3n) is 3.95. The van der Waals surface area contributed by atoms with Crippen molar-refractivity contribution in [3.8, 4) is 0 Å². The number of rotatable bonds is 3. The summed E-state index contributed by atoms with van der Waals surface area (Å²) >= 11 is 0. The van der Waals surface area contributed by atoms with Crippen molar-refractivity contribution in [2.75, 3.05) is 0 Å². The Hall–Kier alpha value is -2.62. The molecule has 2 aromatic carbocycles. The number of fused-ring (bicyclic) bond motifs is 1. The molecule has 0 saturated heterocycles. The summed E-state index contributed by atoms with van der Waals surface area (Å²) in [4.78, 5) is 25.6. The van der Waals surface area contributed by atoms with Crippen LogP contribution in [0.4, 0.5) is 0 Å². The SMILES string of the molecule is CC(c1ccccc1)N1Cc2cccc(C(=O)O)c2C1=O. The molecule has 4 heteroatoms. The van der Waals surface area contributed by atoms with Gasteiger partial charge in [0.2, 0.25) is 0 Å². The van der Waals surface area contributed by atoms with Crippen LogP contribution in [-0.2, 0) is 6.54 Å². The Morgan fingerprint density at radius 2 is 1.86 bits per heavy atom. The van der Waals surface area contributed by atoms with Gasteiger partial charge < -0.3 is 10.0 Å². The molecule has 0 spiro atoms. The minimum Gasteiger partial charge on any atom is -0.478 e. The number of carbonyl (C=O) groups excluding carboxylic acids is 1. The van der Waals surface area contributed by atoms with Gasteiger partial charge >= 0.3 is 5.97 Å². The molecule has 1 aliphatic heterocycles. The fraction of sp³-hybridized carbons (Fsp3) is 0.176. The van der Waals surface area contributed by atoms with Crippen molar-refractivity contribution in [1.82, 2.24) is 4.90 Å². The van der Waals surface area contributed by atoms with Crippen molar-refractivity contribution in [3.63, 3.8) is 0 Å². The van der Waals surface area contributed by atoms with E-state index in [0.29, 0.717) is 12.1 Å². The van der Waals surface area contributed by atoms with Crippen molar-refractivity contribution < 1.29 is 14.7 Å². The van der Waals surface area contributed by atoms with Crippen LogP contribution in [0.5, 0.6) is 0 Å². The Morgan fingerprint density at radius 1 is 1.14 bits per heavy atom. The predicted octanol–water partition coefficient (Wildman–Crippen LogP) is 3.10. The van der Waals surface area contributed by atoms with Gasteiger partial charge in [0.25, 0.3) is 5.91 Å². The molecule has 0 bridgehead atoms. The molecule has 0 fully saturated rings. The first-order valence-electron chi connectivity index (χ1n) is 6.80. The van der Waals surface area contributed by atoms with Gasteiger partial charge in [-0.05, 0) is 24.1 Å². The molecule has 0 radical (unpaired) electrons. The van der Waals surface area contributed by atoms with Gasteiger partial charge in [-0.1, -0.05) is 42.5 Å². The van der Waals surface area contributed by atoms with E-state index in [9.17, 15) is 14.7 Å². The summed E-state index contributed by atoms with van der Waals surface area (Å²) in [5.41, 5.74) is 2.23. The maximum Gasteiger partial charge on any atom is 0.336 e. The van der Waals surface area contributed by atoms with Crippen molar-refractivity contribution in [1.29, 1.82) is 0 Å². The second-order valence-corrected chi connectivity index (χ2v) is 5.16. The molecular weight excluding hydrogens is 266 g/mol. The number of amides is 1. The third-order valence-corrected chi connectivity index (χ3v) is 3.95. The molecular formula is C17H15NO3. The molecule has 1 aliphatic rings. The molecule has 0 saturated carbocycles. The van der Waals surface area contributed by atoms with E-state index in [1.165, 1.54) is 6.07 Å². The number of nitrogens with zero attached hydrogens (tertiary/aromatic N) is 1. The Morgan fingerprint density at radius 3 is 2.52 bits per heavy atom. The summed E-state index contributed by atoms with van der Waals surface area (Å²) in [6.07, 6.45) is 0. The maximum absolute atomic E-state index is 12.6. The Kier molecular flexibility index (Phi) is 3.22. The van der Waals surface area contributed by atoms with Gasteiger partial charge in [-0.3, -0.25) is 4.79 Å². The van der Waals surface area contributed by atoms with Crippen LogP contribution >= 0.6 is 0 Å². The lowest BCUT2D eigenvalue weighted by molar-refractivity contribution is 0.0668. The number of carboxylic acids is 1. The minimum atomic E-state index is -1.06. The van der Waals surface area contributed by atoms with Crippen LogP contribution < -0.4 is 0 Å². The average Bonchev–Trinajstić information content (AvgIpc) is 2.84. The van der Waals surface area contributed by atoms with Gasteiger partial charge in [0.1, 0.15) is 0 Å². The molecule has 1 amide bonds. The molecule has 0 aliphatic carbocycles. The monoisotopic (exact) mass is 281 g/mol. The first-order valence-corrected chi connectivity index (χ1v) is 6.80. The van der Waals surface area contributed by atoms with Crippen LogP contribution in [0.3, 0.4) is 0 Å². The fourth-order valence-corrected chi connectivity index (χ4v) is 2.79. The highest BCUT2D eigenvalue weighted by molar-refractivity contribution is 6.07. The number of hydrogen-bond donors (Lipinski definition) is 1. The molecule has 2 aromatic rings. The summed E-state index contributed by atoms with van der Waals surface area (Å²) in [6, 6.07) is 14.6. The number of aromatic carboxylic acids is 1. The smallest absolute Gasteiger partial charge is 0.336 e. The van der Waals surface area contributed by atoms with Gasteiger partial charge in [-0.15, -0.1) is 0 Å². The second kappa shape index (κ2) is 5.05.